The molecule has 96 valence electrons. The summed E-state index contributed by atoms with van der Waals surface area (Å²) in [6.07, 6.45) is 0. The second-order valence-corrected chi connectivity index (χ2v) is 5.22. The average Bonchev–Trinajstić information content (AvgIpc) is 2.56. The monoisotopic (exact) mass is 283 g/mol. The Bertz CT molecular complexity index is 590. The minimum Gasteiger partial charge on any atom is -0.466 e. The van der Waals surface area contributed by atoms with Crippen molar-refractivity contribution in [2.45, 2.75) is 26.8 Å². The van der Waals surface area contributed by atoms with Gasteiger partial charge in [-0.05, 0) is 44.0 Å². The maximum atomic E-state index is 6.29. The van der Waals surface area contributed by atoms with Crippen molar-refractivity contribution in [3.05, 3.63) is 56.5 Å². The number of hydrogen-bond acceptors (Lipinski definition) is 2. The SMILES string of the molecule is Cc1oc(C)c(C(N)c2ccc(Cl)c(Cl)c2)c1C. The van der Waals surface area contributed by atoms with E-state index < -0.39 is 0 Å². The van der Waals surface area contributed by atoms with Crippen molar-refractivity contribution in [3.63, 3.8) is 0 Å². The van der Waals surface area contributed by atoms with Crippen molar-refractivity contribution in [1.29, 1.82) is 0 Å². The van der Waals surface area contributed by atoms with Crippen LogP contribution in [0.4, 0.5) is 0 Å². The van der Waals surface area contributed by atoms with Gasteiger partial charge in [-0.25, -0.2) is 0 Å². The highest BCUT2D eigenvalue weighted by Crippen LogP contribution is 2.32. The summed E-state index contributed by atoms with van der Waals surface area (Å²) in [6.45, 7) is 5.87. The molecule has 4 heteroatoms. The summed E-state index contributed by atoms with van der Waals surface area (Å²) in [6, 6.07) is 5.20. The molecule has 0 spiro atoms. The summed E-state index contributed by atoms with van der Waals surface area (Å²) in [5.74, 6) is 1.75. The fourth-order valence-corrected chi connectivity index (χ4v) is 2.45. The van der Waals surface area contributed by atoms with Crippen molar-refractivity contribution >= 4 is 23.2 Å². The van der Waals surface area contributed by atoms with E-state index in [9.17, 15) is 0 Å². The van der Waals surface area contributed by atoms with Crippen molar-refractivity contribution in [2.75, 3.05) is 0 Å². The van der Waals surface area contributed by atoms with Crippen LogP contribution in [0.15, 0.2) is 22.6 Å². The minimum absolute atomic E-state index is 0.253. The van der Waals surface area contributed by atoms with Gasteiger partial charge in [-0.15, -0.1) is 0 Å². The molecule has 1 atom stereocenters. The van der Waals surface area contributed by atoms with Crippen LogP contribution in [0.25, 0.3) is 0 Å². The fourth-order valence-electron chi connectivity index (χ4n) is 2.14. The van der Waals surface area contributed by atoms with Gasteiger partial charge in [0.1, 0.15) is 11.5 Å². The van der Waals surface area contributed by atoms with Gasteiger partial charge in [-0.1, -0.05) is 29.3 Å². The number of furan rings is 1. The Hall–Kier alpha value is -0.960. The van der Waals surface area contributed by atoms with Gasteiger partial charge in [0.15, 0.2) is 0 Å². The van der Waals surface area contributed by atoms with Crippen LogP contribution in [0, 0.1) is 20.8 Å². The molecule has 2 rings (SSSR count). The van der Waals surface area contributed by atoms with Crippen LogP contribution in [0.5, 0.6) is 0 Å². The molecule has 1 aromatic carbocycles. The highest BCUT2D eigenvalue weighted by molar-refractivity contribution is 6.42. The van der Waals surface area contributed by atoms with Gasteiger partial charge in [0.2, 0.25) is 0 Å². The van der Waals surface area contributed by atoms with Crippen molar-refractivity contribution in [1.82, 2.24) is 0 Å². The third-order valence-electron chi connectivity index (χ3n) is 3.23. The molecule has 18 heavy (non-hydrogen) atoms. The first-order valence-corrected chi connectivity index (χ1v) is 6.44. The molecule has 0 bridgehead atoms. The third kappa shape index (κ3) is 2.28. The van der Waals surface area contributed by atoms with Gasteiger partial charge in [0, 0.05) is 5.56 Å². The normalized spacial score (nSPS) is 12.8. The fraction of sp³-hybridized carbons (Fsp3) is 0.286. The molecule has 1 aromatic heterocycles. The Balaban J connectivity index is 2.47. The zero-order chi connectivity index (χ0) is 13.4. The van der Waals surface area contributed by atoms with Crippen molar-refractivity contribution < 1.29 is 4.42 Å². The smallest absolute Gasteiger partial charge is 0.106 e. The Morgan fingerprint density at radius 3 is 2.22 bits per heavy atom. The molecular formula is C14H15Cl2NO. The predicted molar refractivity (Wildman–Crippen MR) is 75.4 cm³/mol. The molecule has 0 aliphatic heterocycles. The average molecular weight is 284 g/mol. The maximum absolute atomic E-state index is 6.29. The van der Waals surface area contributed by atoms with E-state index in [4.69, 9.17) is 33.4 Å². The Morgan fingerprint density at radius 1 is 1.06 bits per heavy atom. The Labute approximate surface area is 117 Å². The van der Waals surface area contributed by atoms with Crippen molar-refractivity contribution in [2.24, 2.45) is 5.73 Å². The molecule has 2 nitrogen and oxygen atoms in total. The van der Waals surface area contributed by atoms with E-state index in [1.54, 1.807) is 12.1 Å². The van der Waals surface area contributed by atoms with Gasteiger partial charge >= 0.3 is 0 Å². The van der Waals surface area contributed by atoms with Crippen LogP contribution in [0.2, 0.25) is 10.0 Å². The molecular weight excluding hydrogens is 269 g/mol. The van der Waals surface area contributed by atoms with Crippen molar-refractivity contribution in [3.8, 4) is 0 Å². The molecule has 2 aromatic rings. The molecule has 0 amide bonds. The largest absolute Gasteiger partial charge is 0.466 e. The van der Waals surface area contributed by atoms with E-state index in [-0.39, 0.29) is 6.04 Å². The molecule has 0 fully saturated rings. The van der Waals surface area contributed by atoms with Crippen LogP contribution < -0.4 is 5.73 Å². The van der Waals surface area contributed by atoms with E-state index in [1.165, 1.54) is 0 Å². The highest BCUT2D eigenvalue weighted by atomic mass is 35.5. The minimum atomic E-state index is -0.253. The molecule has 0 saturated heterocycles. The van der Waals surface area contributed by atoms with Crippen LogP contribution in [-0.4, -0.2) is 0 Å². The quantitative estimate of drug-likeness (QED) is 0.878. The molecule has 0 saturated carbocycles. The van der Waals surface area contributed by atoms with E-state index in [0.717, 1.165) is 28.2 Å². The summed E-state index contributed by atoms with van der Waals surface area (Å²) in [5, 5.41) is 1.05. The number of benzene rings is 1. The van der Waals surface area contributed by atoms with Crippen LogP contribution >= 0.6 is 23.2 Å². The van der Waals surface area contributed by atoms with Crippen LogP contribution in [0.1, 0.15) is 34.3 Å². The lowest BCUT2D eigenvalue weighted by atomic mass is 9.96. The number of aryl methyl sites for hydroxylation is 2. The zero-order valence-corrected chi connectivity index (χ0v) is 12.1. The number of halogens is 2. The van der Waals surface area contributed by atoms with E-state index in [0.29, 0.717) is 10.0 Å². The Kier molecular flexibility index (Phi) is 3.71. The first kappa shape index (κ1) is 13.5. The van der Waals surface area contributed by atoms with E-state index >= 15 is 0 Å². The topological polar surface area (TPSA) is 39.2 Å². The first-order chi connectivity index (χ1) is 8.41. The van der Waals surface area contributed by atoms with Gasteiger partial charge in [0.25, 0.3) is 0 Å². The standard InChI is InChI=1S/C14H15Cl2NO/c1-7-8(2)18-9(3)13(7)14(17)10-4-5-11(15)12(16)6-10/h4-6,14H,17H2,1-3H3. The highest BCUT2D eigenvalue weighted by Gasteiger charge is 2.19. The van der Waals surface area contributed by atoms with Crippen LogP contribution in [0.3, 0.4) is 0 Å². The van der Waals surface area contributed by atoms with Gasteiger partial charge in [-0.3, -0.25) is 0 Å². The zero-order valence-electron chi connectivity index (χ0n) is 10.6. The second kappa shape index (κ2) is 4.96. The van der Waals surface area contributed by atoms with Gasteiger partial charge in [-0.2, -0.15) is 0 Å². The number of hydrogen-bond donors (Lipinski definition) is 1. The molecule has 1 unspecified atom stereocenters. The summed E-state index contributed by atoms with van der Waals surface area (Å²) in [7, 11) is 0. The lowest BCUT2D eigenvalue weighted by molar-refractivity contribution is 0.498. The lowest BCUT2D eigenvalue weighted by Gasteiger charge is -2.13. The van der Waals surface area contributed by atoms with Gasteiger partial charge in [0.05, 0.1) is 16.1 Å². The lowest BCUT2D eigenvalue weighted by Crippen LogP contribution is -2.13. The van der Waals surface area contributed by atoms with E-state index in [2.05, 4.69) is 0 Å². The molecule has 0 radical (unpaired) electrons. The van der Waals surface area contributed by atoms with Crippen LogP contribution in [-0.2, 0) is 0 Å². The maximum Gasteiger partial charge on any atom is 0.106 e. The summed E-state index contributed by atoms with van der Waals surface area (Å²) in [4.78, 5) is 0. The summed E-state index contributed by atoms with van der Waals surface area (Å²) >= 11 is 11.9. The van der Waals surface area contributed by atoms with Gasteiger partial charge < -0.3 is 10.2 Å². The molecule has 1 heterocycles. The Morgan fingerprint density at radius 2 is 1.72 bits per heavy atom. The van der Waals surface area contributed by atoms with E-state index in [1.807, 2.05) is 26.8 Å². The predicted octanol–water partition coefficient (Wildman–Crippen LogP) is 4.56. The number of rotatable bonds is 2. The summed E-state index contributed by atoms with van der Waals surface area (Å²) in [5.41, 5.74) is 9.32. The molecule has 0 aliphatic rings. The summed E-state index contributed by atoms with van der Waals surface area (Å²) < 4.78 is 5.60. The third-order valence-corrected chi connectivity index (χ3v) is 3.97. The number of nitrogens with two attached hydrogens (primary N) is 1. The molecule has 2 N–H and O–H groups in total. The second-order valence-electron chi connectivity index (χ2n) is 4.40. The molecule has 0 aliphatic carbocycles. The first-order valence-electron chi connectivity index (χ1n) is 5.68.